The summed E-state index contributed by atoms with van der Waals surface area (Å²) in [6.07, 6.45) is 0. The Bertz CT molecular complexity index is 870. The fourth-order valence-electron chi connectivity index (χ4n) is 3.39. The number of anilines is 1. The van der Waals surface area contributed by atoms with Crippen LogP contribution in [0.25, 0.3) is 0 Å². The number of fused-ring (bicyclic) bond motifs is 1. The van der Waals surface area contributed by atoms with Crippen LogP contribution in [0.1, 0.15) is 5.56 Å². The van der Waals surface area contributed by atoms with E-state index in [0.717, 1.165) is 68.0 Å². The Labute approximate surface area is 161 Å². The van der Waals surface area contributed by atoms with Crippen LogP contribution in [0.4, 0.5) is 14.5 Å². The normalized spacial score (nSPS) is 16.9. The first kappa shape index (κ1) is 18.6. The third-order valence-corrected chi connectivity index (χ3v) is 4.88. The second kappa shape index (κ2) is 8.12. The Balaban J connectivity index is 1.25. The number of nitrogens with one attached hydrogen (secondary N) is 1. The van der Waals surface area contributed by atoms with Gasteiger partial charge in [-0.1, -0.05) is 6.07 Å². The zero-order valence-electron chi connectivity index (χ0n) is 15.3. The van der Waals surface area contributed by atoms with Gasteiger partial charge in [0.15, 0.2) is 11.5 Å². The fraction of sp³-hybridized carbons (Fsp3) is 0.350. The molecule has 2 aromatic rings. The van der Waals surface area contributed by atoms with Gasteiger partial charge in [0.25, 0.3) is 0 Å². The Hall–Kier alpha value is -2.71. The number of hydrogen-bond donors (Lipinski definition) is 1. The van der Waals surface area contributed by atoms with Crippen LogP contribution in [0.15, 0.2) is 36.4 Å². The minimum Gasteiger partial charge on any atom is -0.454 e. The number of carbonyl (C=O) groups excluding carboxylic acids is 1. The van der Waals surface area contributed by atoms with Crippen molar-refractivity contribution in [2.45, 2.75) is 6.54 Å². The van der Waals surface area contributed by atoms with Gasteiger partial charge in [0.2, 0.25) is 12.7 Å². The Morgan fingerprint density at radius 3 is 2.54 bits per heavy atom. The van der Waals surface area contributed by atoms with Gasteiger partial charge in [-0.3, -0.25) is 14.6 Å². The lowest BCUT2D eigenvalue weighted by atomic mass is 10.1. The highest BCUT2D eigenvalue weighted by molar-refractivity contribution is 5.92. The quantitative estimate of drug-likeness (QED) is 0.852. The standard InChI is InChI=1S/C20H21F2N3O3/c21-15-2-3-16(22)17(10-15)23-20(26)12-25-7-5-24(6-8-25)11-14-1-4-18-19(9-14)28-13-27-18/h1-4,9-10H,5-8,11-13H2,(H,23,26). The van der Waals surface area contributed by atoms with Crippen molar-refractivity contribution in [1.82, 2.24) is 9.80 Å². The molecular weight excluding hydrogens is 368 g/mol. The van der Waals surface area contributed by atoms with E-state index in [1.807, 2.05) is 23.1 Å². The van der Waals surface area contributed by atoms with E-state index in [1.54, 1.807) is 0 Å². The molecule has 1 saturated heterocycles. The summed E-state index contributed by atoms with van der Waals surface area (Å²) in [5.74, 6) is -0.0439. The molecule has 4 rings (SSSR count). The lowest BCUT2D eigenvalue weighted by Crippen LogP contribution is -2.48. The molecule has 1 amide bonds. The molecule has 148 valence electrons. The molecule has 0 radical (unpaired) electrons. The van der Waals surface area contributed by atoms with Gasteiger partial charge in [0, 0.05) is 38.8 Å². The van der Waals surface area contributed by atoms with Gasteiger partial charge in [0.05, 0.1) is 12.2 Å². The summed E-state index contributed by atoms with van der Waals surface area (Å²) in [6, 6.07) is 8.95. The lowest BCUT2D eigenvalue weighted by molar-refractivity contribution is -0.117. The van der Waals surface area contributed by atoms with Gasteiger partial charge in [-0.05, 0) is 29.8 Å². The molecule has 2 aromatic carbocycles. The highest BCUT2D eigenvalue weighted by Crippen LogP contribution is 2.32. The maximum Gasteiger partial charge on any atom is 0.238 e. The number of carbonyl (C=O) groups is 1. The number of ether oxygens (including phenoxy) is 2. The number of halogens is 2. The predicted octanol–water partition coefficient (Wildman–Crippen LogP) is 2.45. The monoisotopic (exact) mass is 389 g/mol. The highest BCUT2D eigenvalue weighted by atomic mass is 19.1. The molecule has 0 spiro atoms. The summed E-state index contributed by atoms with van der Waals surface area (Å²) in [6.45, 7) is 4.29. The minimum absolute atomic E-state index is 0.133. The molecule has 0 aliphatic carbocycles. The first-order valence-corrected chi connectivity index (χ1v) is 9.15. The number of nitrogens with zero attached hydrogens (tertiary/aromatic N) is 2. The number of benzene rings is 2. The summed E-state index contributed by atoms with van der Waals surface area (Å²) in [5.41, 5.74) is 1.02. The van der Waals surface area contributed by atoms with Gasteiger partial charge < -0.3 is 14.8 Å². The first-order chi connectivity index (χ1) is 13.6. The van der Waals surface area contributed by atoms with E-state index in [9.17, 15) is 13.6 Å². The van der Waals surface area contributed by atoms with Crippen LogP contribution in [0.3, 0.4) is 0 Å². The number of amides is 1. The largest absolute Gasteiger partial charge is 0.454 e. The molecule has 0 saturated carbocycles. The molecule has 2 heterocycles. The second-order valence-corrected chi connectivity index (χ2v) is 6.91. The van der Waals surface area contributed by atoms with Gasteiger partial charge >= 0.3 is 0 Å². The summed E-state index contributed by atoms with van der Waals surface area (Å²) < 4.78 is 37.6. The van der Waals surface area contributed by atoms with Crippen LogP contribution in [0, 0.1) is 11.6 Å². The third kappa shape index (κ3) is 4.40. The molecule has 0 aromatic heterocycles. The molecule has 1 N–H and O–H groups in total. The Morgan fingerprint density at radius 2 is 1.71 bits per heavy atom. The molecule has 28 heavy (non-hydrogen) atoms. The average molecular weight is 389 g/mol. The van der Waals surface area contributed by atoms with E-state index in [-0.39, 0.29) is 24.9 Å². The van der Waals surface area contributed by atoms with Crippen molar-refractivity contribution in [1.29, 1.82) is 0 Å². The molecule has 0 atom stereocenters. The van der Waals surface area contributed by atoms with Crippen molar-refractivity contribution in [3.05, 3.63) is 53.6 Å². The zero-order chi connectivity index (χ0) is 19.5. The molecule has 0 unspecified atom stereocenters. The molecule has 6 nitrogen and oxygen atoms in total. The van der Waals surface area contributed by atoms with E-state index in [4.69, 9.17) is 9.47 Å². The van der Waals surface area contributed by atoms with Crippen LogP contribution in [0.2, 0.25) is 0 Å². The van der Waals surface area contributed by atoms with Crippen molar-refractivity contribution in [2.24, 2.45) is 0 Å². The Kier molecular flexibility index (Phi) is 5.40. The van der Waals surface area contributed by atoms with Crippen molar-refractivity contribution >= 4 is 11.6 Å². The van der Waals surface area contributed by atoms with Gasteiger partial charge in [-0.15, -0.1) is 0 Å². The summed E-state index contributed by atoms with van der Waals surface area (Å²) in [5, 5.41) is 2.44. The topological polar surface area (TPSA) is 54.0 Å². The van der Waals surface area contributed by atoms with Crippen LogP contribution in [-0.4, -0.2) is 55.2 Å². The van der Waals surface area contributed by atoms with Gasteiger partial charge in [-0.25, -0.2) is 8.78 Å². The van der Waals surface area contributed by atoms with Crippen LogP contribution < -0.4 is 14.8 Å². The molecule has 2 aliphatic rings. The van der Waals surface area contributed by atoms with E-state index in [0.29, 0.717) is 0 Å². The molecule has 1 fully saturated rings. The fourth-order valence-corrected chi connectivity index (χ4v) is 3.39. The highest BCUT2D eigenvalue weighted by Gasteiger charge is 2.21. The minimum atomic E-state index is -0.650. The SMILES string of the molecule is O=C(CN1CCN(Cc2ccc3c(c2)OCO3)CC1)Nc1cc(F)ccc1F. The number of rotatable bonds is 5. The summed E-state index contributed by atoms with van der Waals surface area (Å²) >= 11 is 0. The first-order valence-electron chi connectivity index (χ1n) is 9.15. The average Bonchev–Trinajstić information content (AvgIpc) is 3.14. The summed E-state index contributed by atoms with van der Waals surface area (Å²) in [7, 11) is 0. The molecule has 0 bridgehead atoms. The zero-order valence-corrected chi connectivity index (χ0v) is 15.3. The van der Waals surface area contributed by atoms with E-state index in [2.05, 4.69) is 10.2 Å². The van der Waals surface area contributed by atoms with E-state index >= 15 is 0 Å². The van der Waals surface area contributed by atoms with Crippen LogP contribution in [0.5, 0.6) is 11.5 Å². The van der Waals surface area contributed by atoms with Gasteiger partial charge in [-0.2, -0.15) is 0 Å². The van der Waals surface area contributed by atoms with Crippen molar-refractivity contribution in [3.63, 3.8) is 0 Å². The van der Waals surface area contributed by atoms with Crippen LogP contribution in [-0.2, 0) is 11.3 Å². The lowest BCUT2D eigenvalue weighted by Gasteiger charge is -2.34. The third-order valence-electron chi connectivity index (χ3n) is 4.88. The molecule has 8 heteroatoms. The maximum atomic E-state index is 13.6. The predicted molar refractivity (Wildman–Crippen MR) is 99.3 cm³/mol. The molecule has 2 aliphatic heterocycles. The summed E-state index contributed by atoms with van der Waals surface area (Å²) in [4.78, 5) is 16.5. The van der Waals surface area contributed by atoms with Gasteiger partial charge in [0.1, 0.15) is 11.6 Å². The van der Waals surface area contributed by atoms with Crippen LogP contribution >= 0.6 is 0 Å². The smallest absolute Gasteiger partial charge is 0.238 e. The van der Waals surface area contributed by atoms with Crippen molar-refractivity contribution < 1.29 is 23.0 Å². The molecular formula is C20H21F2N3O3. The van der Waals surface area contributed by atoms with E-state index in [1.165, 1.54) is 0 Å². The Morgan fingerprint density at radius 1 is 0.964 bits per heavy atom. The van der Waals surface area contributed by atoms with E-state index < -0.39 is 11.6 Å². The number of piperazine rings is 1. The van der Waals surface area contributed by atoms with Crippen molar-refractivity contribution in [3.8, 4) is 11.5 Å². The second-order valence-electron chi connectivity index (χ2n) is 6.91. The number of hydrogen-bond acceptors (Lipinski definition) is 5. The maximum absolute atomic E-state index is 13.6. The van der Waals surface area contributed by atoms with Crippen molar-refractivity contribution in [2.75, 3.05) is 44.8 Å².